The number of aromatic nitrogens is 1. The second-order valence-corrected chi connectivity index (χ2v) is 5.56. The minimum atomic E-state index is -0.122. The van der Waals surface area contributed by atoms with Crippen LogP contribution < -0.4 is 4.90 Å². The van der Waals surface area contributed by atoms with Crippen LogP contribution in [0, 0.1) is 12.3 Å². The molecule has 1 heterocycles. The van der Waals surface area contributed by atoms with E-state index in [-0.39, 0.29) is 12.0 Å². The lowest BCUT2D eigenvalue weighted by atomic mass is 9.94. The molecule has 4 nitrogen and oxygen atoms in total. The average Bonchev–Trinajstić information content (AvgIpc) is 2.67. The summed E-state index contributed by atoms with van der Waals surface area (Å²) in [4.78, 5) is 6.45. The van der Waals surface area contributed by atoms with Crippen molar-refractivity contribution in [2.45, 2.75) is 20.8 Å². The fourth-order valence-electron chi connectivity index (χ4n) is 2.05. The van der Waals surface area contributed by atoms with Gasteiger partial charge in [-0.25, -0.2) is 4.98 Å². The Bertz CT molecular complexity index is 546. The zero-order valence-electron chi connectivity index (χ0n) is 11.4. The smallest absolute Gasteiger partial charge is 0.192 e. The molecule has 4 heteroatoms. The van der Waals surface area contributed by atoms with E-state index < -0.39 is 0 Å². The molecule has 0 saturated carbocycles. The molecule has 0 saturated heterocycles. The number of aliphatic hydroxyl groups excluding tert-OH is 1. The first-order chi connectivity index (χ1) is 8.41. The summed E-state index contributed by atoms with van der Waals surface area (Å²) in [7, 11) is 2.02. The molecule has 98 valence electrons. The lowest BCUT2D eigenvalue weighted by Crippen LogP contribution is -2.33. The van der Waals surface area contributed by atoms with Crippen LogP contribution in [0.25, 0.3) is 11.1 Å². The quantitative estimate of drug-likeness (QED) is 0.903. The zero-order valence-corrected chi connectivity index (χ0v) is 11.4. The Morgan fingerprint density at radius 2 is 2.11 bits per heavy atom. The van der Waals surface area contributed by atoms with Gasteiger partial charge in [0.2, 0.25) is 0 Å². The molecule has 18 heavy (non-hydrogen) atoms. The van der Waals surface area contributed by atoms with Gasteiger partial charge in [0.05, 0.1) is 0 Å². The Labute approximate surface area is 107 Å². The number of rotatable bonds is 4. The summed E-state index contributed by atoms with van der Waals surface area (Å²) in [5.74, 6) is 0.681. The van der Waals surface area contributed by atoms with Crippen molar-refractivity contribution >= 4 is 16.8 Å². The van der Waals surface area contributed by atoms with Crippen LogP contribution in [0.4, 0.5) is 5.69 Å². The fraction of sp³-hybridized carbons (Fsp3) is 0.500. The number of aliphatic hydroxyl groups is 1. The second-order valence-electron chi connectivity index (χ2n) is 5.56. The zero-order chi connectivity index (χ0) is 13.3. The summed E-state index contributed by atoms with van der Waals surface area (Å²) in [5, 5.41) is 9.31. The van der Waals surface area contributed by atoms with Crippen molar-refractivity contribution in [3.05, 3.63) is 24.1 Å². The number of hydrogen-bond donors (Lipinski definition) is 1. The van der Waals surface area contributed by atoms with E-state index in [1.165, 1.54) is 0 Å². The van der Waals surface area contributed by atoms with Gasteiger partial charge in [-0.15, -0.1) is 0 Å². The summed E-state index contributed by atoms with van der Waals surface area (Å²) >= 11 is 0. The van der Waals surface area contributed by atoms with Crippen LogP contribution in [0.2, 0.25) is 0 Å². The van der Waals surface area contributed by atoms with Gasteiger partial charge in [-0.1, -0.05) is 13.8 Å². The molecular weight excluding hydrogens is 228 g/mol. The molecule has 2 rings (SSSR count). The molecule has 2 aromatic rings. The number of nitrogens with zero attached hydrogens (tertiary/aromatic N) is 2. The number of hydrogen-bond acceptors (Lipinski definition) is 4. The summed E-state index contributed by atoms with van der Waals surface area (Å²) in [6, 6.07) is 5.97. The Balaban J connectivity index is 2.25. The highest BCUT2D eigenvalue weighted by molar-refractivity contribution is 5.77. The molecule has 0 bridgehead atoms. The van der Waals surface area contributed by atoms with Crippen LogP contribution in [0.1, 0.15) is 19.7 Å². The number of benzene rings is 1. The molecule has 0 amide bonds. The van der Waals surface area contributed by atoms with Crippen molar-refractivity contribution in [2.24, 2.45) is 5.41 Å². The van der Waals surface area contributed by atoms with E-state index in [0.29, 0.717) is 5.89 Å². The van der Waals surface area contributed by atoms with Crippen molar-refractivity contribution in [1.29, 1.82) is 0 Å². The van der Waals surface area contributed by atoms with Crippen molar-refractivity contribution in [3.63, 3.8) is 0 Å². The van der Waals surface area contributed by atoms with Gasteiger partial charge in [0.25, 0.3) is 0 Å². The van der Waals surface area contributed by atoms with E-state index in [1.807, 2.05) is 46.0 Å². The molecule has 0 spiro atoms. The van der Waals surface area contributed by atoms with Gasteiger partial charge >= 0.3 is 0 Å². The molecule has 0 radical (unpaired) electrons. The van der Waals surface area contributed by atoms with Crippen molar-refractivity contribution < 1.29 is 9.52 Å². The first-order valence-corrected chi connectivity index (χ1v) is 6.10. The molecule has 0 fully saturated rings. The van der Waals surface area contributed by atoms with Gasteiger partial charge in [-0.2, -0.15) is 0 Å². The summed E-state index contributed by atoms with van der Waals surface area (Å²) in [6.07, 6.45) is 0. The maximum absolute atomic E-state index is 9.31. The van der Waals surface area contributed by atoms with Crippen molar-refractivity contribution in [1.82, 2.24) is 4.98 Å². The standard InChI is InChI=1S/C14H20N2O2/c1-10-15-12-7-11(5-6-13(12)18-10)16(4)8-14(2,3)9-17/h5-7,17H,8-9H2,1-4H3. The molecule has 1 aromatic heterocycles. The number of anilines is 1. The number of oxazole rings is 1. The van der Waals surface area contributed by atoms with Crippen molar-refractivity contribution in [3.8, 4) is 0 Å². The van der Waals surface area contributed by atoms with Crippen molar-refractivity contribution in [2.75, 3.05) is 25.1 Å². The van der Waals surface area contributed by atoms with Crippen LogP contribution in [0.15, 0.2) is 22.6 Å². The maximum atomic E-state index is 9.31. The topological polar surface area (TPSA) is 49.5 Å². The Hall–Kier alpha value is -1.55. The van der Waals surface area contributed by atoms with E-state index >= 15 is 0 Å². The molecule has 0 aliphatic heterocycles. The predicted octanol–water partition coefficient (Wildman–Crippen LogP) is 2.59. The van der Waals surface area contributed by atoms with Gasteiger partial charge < -0.3 is 14.4 Å². The van der Waals surface area contributed by atoms with E-state index in [0.717, 1.165) is 23.3 Å². The molecule has 1 aromatic carbocycles. The van der Waals surface area contributed by atoms with Gasteiger partial charge in [0.1, 0.15) is 5.52 Å². The van der Waals surface area contributed by atoms with Gasteiger partial charge in [0, 0.05) is 38.2 Å². The van der Waals surface area contributed by atoms with Crippen LogP contribution in [-0.2, 0) is 0 Å². The Kier molecular flexibility index (Phi) is 3.30. The van der Waals surface area contributed by atoms with Crippen LogP contribution in [-0.4, -0.2) is 30.3 Å². The molecule has 0 atom stereocenters. The third-order valence-corrected chi connectivity index (χ3v) is 3.01. The molecule has 0 aliphatic carbocycles. The largest absolute Gasteiger partial charge is 0.441 e. The molecule has 0 unspecified atom stereocenters. The predicted molar refractivity (Wildman–Crippen MR) is 72.9 cm³/mol. The maximum Gasteiger partial charge on any atom is 0.192 e. The third kappa shape index (κ3) is 2.64. The van der Waals surface area contributed by atoms with Gasteiger partial charge in [-0.05, 0) is 18.2 Å². The summed E-state index contributed by atoms with van der Waals surface area (Å²) < 4.78 is 5.46. The van der Waals surface area contributed by atoms with E-state index in [1.54, 1.807) is 0 Å². The van der Waals surface area contributed by atoms with Gasteiger partial charge in [0.15, 0.2) is 11.5 Å². The normalized spacial score (nSPS) is 12.1. The average molecular weight is 248 g/mol. The highest BCUT2D eigenvalue weighted by Gasteiger charge is 2.19. The first kappa shape index (κ1) is 12.9. The Morgan fingerprint density at radius 1 is 1.39 bits per heavy atom. The monoisotopic (exact) mass is 248 g/mol. The minimum Gasteiger partial charge on any atom is -0.441 e. The number of fused-ring (bicyclic) bond motifs is 1. The van der Waals surface area contributed by atoms with E-state index in [2.05, 4.69) is 9.88 Å². The van der Waals surface area contributed by atoms with E-state index in [4.69, 9.17) is 4.42 Å². The molecular formula is C14H20N2O2. The Morgan fingerprint density at radius 3 is 2.78 bits per heavy atom. The van der Waals surface area contributed by atoms with Crippen LogP contribution in [0.3, 0.4) is 0 Å². The summed E-state index contributed by atoms with van der Waals surface area (Å²) in [5.41, 5.74) is 2.64. The third-order valence-electron chi connectivity index (χ3n) is 3.01. The second kappa shape index (κ2) is 4.61. The lowest BCUT2D eigenvalue weighted by molar-refractivity contribution is 0.165. The highest BCUT2D eigenvalue weighted by atomic mass is 16.3. The van der Waals surface area contributed by atoms with Gasteiger partial charge in [-0.3, -0.25) is 0 Å². The first-order valence-electron chi connectivity index (χ1n) is 6.10. The molecule has 0 aliphatic rings. The lowest BCUT2D eigenvalue weighted by Gasteiger charge is -2.29. The SMILES string of the molecule is Cc1nc2cc(N(C)CC(C)(C)CO)ccc2o1. The van der Waals surface area contributed by atoms with Crippen LogP contribution >= 0.6 is 0 Å². The number of aryl methyl sites for hydroxylation is 1. The molecule has 1 N–H and O–H groups in total. The fourth-order valence-corrected chi connectivity index (χ4v) is 2.05. The highest BCUT2D eigenvalue weighted by Crippen LogP contribution is 2.24. The van der Waals surface area contributed by atoms with E-state index in [9.17, 15) is 5.11 Å². The van der Waals surface area contributed by atoms with Crippen LogP contribution in [0.5, 0.6) is 0 Å². The minimum absolute atomic E-state index is 0.122. The summed E-state index contributed by atoms with van der Waals surface area (Å²) in [6.45, 7) is 6.89.